The molecule has 6 nitrogen and oxygen atoms in total. The number of hydrogen-bond acceptors (Lipinski definition) is 6. The smallest absolute Gasteiger partial charge is 0.308 e. The number of hydrogen-bond donors (Lipinski definition) is 2. The number of ether oxygens (including phenoxy) is 3. The molecule has 0 saturated heterocycles. The first-order valence-electron chi connectivity index (χ1n) is 5.22. The van der Waals surface area contributed by atoms with Gasteiger partial charge in [0.1, 0.15) is 6.61 Å². The lowest BCUT2D eigenvalue weighted by atomic mass is 10.3. The van der Waals surface area contributed by atoms with E-state index in [9.17, 15) is 9.90 Å². The Kier molecular flexibility index (Phi) is 8.10. The van der Waals surface area contributed by atoms with E-state index in [0.717, 1.165) is 0 Å². The van der Waals surface area contributed by atoms with Crippen molar-refractivity contribution in [1.29, 1.82) is 0 Å². The van der Waals surface area contributed by atoms with Gasteiger partial charge in [0.15, 0.2) is 0 Å². The summed E-state index contributed by atoms with van der Waals surface area (Å²) in [4.78, 5) is 10.9. The molecule has 0 rings (SSSR count). The van der Waals surface area contributed by atoms with Crippen LogP contribution in [0, 0.1) is 0 Å². The zero-order chi connectivity index (χ0) is 12.4. The molecule has 0 saturated carbocycles. The number of aliphatic hydroxyl groups excluding tert-OH is 1. The largest absolute Gasteiger partial charge is 0.431 e. The van der Waals surface area contributed by atoms with Gasteiger partial charge in [-0.25, -0.2) is 0 Å². The summed E-state index contributed by atoms with van der Waals surface area (Å²) < 4.78 is 14.7. The van der Waals surface area contributed by atoms with Crippen molar-refractivity contribution in [2.45, 2.75) is 26.1 Å². The Morgan fingerprint density at radius 1 is 1.25 bits per heavy atom. The highest BCUT2D eigenvalue weighted by Crippen LogP contribution is 2.07. The lowest BCUT2D eigenvalue weighted by molar-refractivity contribution is -0.220. The predicted molar refractivity (Wildman–Crippen MR) is 55.7 cm³/mol. The third kappa shape index (κ3) is 8.60. The molecule has 0 aromatic rings. The maximum Gasteiger partial charge on any atom is 0.308 e. The van der Waals surface area contributed by atoms with Gasteiger partial charge < -0.3 is 24.4 Å². The summed E-state index contributed by atoms with van der Waals surface area (Å²) >= 11 is 0. The summed E-state index contributed by atoms with van der Waals surface area (Å²) in [6.07, 6.45) is 0.204. The van der Waals surface area contributed by atoms with Crippen LogP contribution in [0.3, 0.4) is 0 Å². The molecule has 2 N–H and O–H groups in total. The standard InChI is InChI=1S/C10H20O6/c1-3-9(12)16-10(2,13)8-15-7-6-14-5-4-11/h11,13H,3-8H2,1-2H3. The molecule has 0 heterocycles. The van der Waals surface area contributed by atoms with Gasteiger partial charge in [0, 0.05) is 13.3 Å². The van der Waals surface area contributed by atoms with Crippen LogP contribution in [0.5, 0.6) is 0 Å². The van der Waals surface area contributed by atoms with E-state index < -0.39 is 11.8 Å². The lowest BCUT2D eigenvalue weighted by Crippen LogP contribution is -2.36. The Morgan fingerprint density at radius 3 is 2.44 bits per heavy atom. The molecule has 96 valence electrons. The average molecular weight is 236 g/mol. The first-order chi connectivity index (χ1) is 7.52. The zero-order valence-corrected chi connectivity index (χ0v) is 9.77. The molecule has 0 aliphatic carbocycles. The summed E-state index contributed by atoms with van der Waals surface area (Å²) in [5.74, 6) is -2.09. The number of rotatable bonds is 9. The molecule has 6 heteroatoms. The molecular weight excluding hydrogens is 216 g/mol. The molecule has 0 aromatic carbocycles. The third-order valence-corrected chi connectivity index (χ3v) is 1.60. The van der Waals surface area contributed by atoms with Gasteiger partial charge >= 0.3 is 5.97 Å². The molecule has 0 amide bonds. The quantitative estimate of drug-likeness (QED) is 0.324. The molecule has 0 fully saturated rings. The first kappa shape index (κ1) is 15.3. The Morgan fingerprint density at radius 2 is 1.88 bits per heavy atom. The van der Waals surface area contributed by atoms with Gasteiger partial charge in [-0.15, -0.1) is 0 Å². The highest BCUT2D eigenvalue weighted by molar-refractivity contribution is 5.69. The monoisotopic (exact) mass is 236 g/mol. The SMILES string of the molecule is CCC(=O)OC(C)(O)COCCOCCO. The van der Waals surface area contributed by atoms with E-state index in [1.807, 2.05) is 0 Å². The number of carbonyl (C=O) groups excluding carboxylic acids is 1. The molecule has 16 heavy (non-hydrogen) atoms. The fraction of sp³-hybridized carbons (Fsp3) is 0.900. The maximum absolute atomic E-state index is 10.9. The molecule has 0 aliphatic rings. The van der Waals surface area contributed by atoms with E-state index in [1.54, 1.807) is 6.92 Å². The van der Waals surface area contributed by atoms with Crippen LogP contribution in [0.1, 0.15) is 20.3 Å². The van der Waals surface area contributed by atoms with Crippen molar-refractivity contribution >= 4 is 5.97 Å². The summed E-state index contributed by atoms with van der Waals surface area (Å²) in [5, 5.41) is 18.0. The van der Waals surface area contributed by atoms with Gasteiger partial charge in [-0.3, -0.25) is 4.79 Å². The molecule has 0 aliphatic heterocycles. The van der Waals surface area contributed by atoms with Crippen LogP contribution >= 0.6 is 0 Å². The van der Waals surface area contributed by atoms with Crippen LogP contribution in [-0.4, -0.2) is 55.0 Å². The highest BCUT2D eigenvalue weighted by atomic mass is 16.7. The topological polar surface area (TPSA) is 85.2 Å². The number of aliphatic hydroxyl groups is 2. The second-order valence-corrected chi connectivity index (χ2v) is 3.39. The summed E-state index contributed by atoms with van der Waals surface area (Å²) in [5.41, 5.74) is 0. The Labute approximate surface area is 95.1 Å². The van der Waals surface area contributed by atoms with E-state index in [1.165, 1.54) is 6.92 Å². The van der Waals surface area contributed by atoms with Crippen LogP contribution in [0.15, 0.2) is 0 Å². The summed E-state index contributed by atoms with van der Waals surface area (Å²) in [6.45, 7) is 3.69. The van der Waals surface area contributed by atoms with E-state index in [2.05, 4.69) is 0 Å². The molecule has 0 bridgehead atoms. The summed E-state index contributed by atoms with van der Waals surface area (Å²) in [6, 6.07) is 0. The minimum Gasteiger partial charge on any atom is -0.431 e. The van der Waals surface area contributed by atoms with Crippen LogP contribution in [0.25, 0.3) is 0 Å². The number of esters is 1. The molecule has 1 atom stereocenters. The van der Waals surface area contributed by atoms with Crippen molar-refractivity contribution in [3.63, 3.8) is 0 Å². The van der Waals surface area contributed by atoms with Gasteiger partial charge in [0.25, 0.3) is 0 Å². The first-order valence-corrected chi connectivity index (χ1v) is 5.22. The van der Waals surface area contributed by atoms with Crippen LogP contribution in [-0.2, 0) is 19.0 Å². The second kappa shape index (κ2) is 8.46. The van der Waals surface area contributed by atoms with Crippen molar-refractivity contribution in [3.05, 3.63) is 0 Å². The van der Waals surface area contributed by atoms with Crippen molar-refractivity contribution in [1.82, 2.24) is 0 Å². The molecular formula is C10H20O6. The molecule has 0 aromatic heterocycles. The van der Waals surface area contributed by atoms with Crippen LogP contribution < -0.4 is 0 Å². The maximum atomic E-state index is 10.9. The average Bonchev–Trinajstić information content (AvgIpc) is 2.22. The van der Waals surface area contributed by atoms with Crippen molar-refractivity contribution in [2.24, 2.45) is 0 Å². The minimum atomic E-state index is -1.61. The van der Waals surface area contributed by atoms with E-state index >= 15 is 0 Å². The zero-order valence-electron chi connectivity index (χ0n) is 9.77. The fourth-order valence-electron chi connectivity index (χ4n) is 0.893. The van der Waals surface area contributed by atoms with Crippen molar-refractivity contribution in [2.75, 3.05) is 33.0 Å². The fourth-order valence-corrected chi connectivity index (χ4v) is 0.893. The molecule has 0 radical (unpaired) electrons. The van der Waals surface area contributed by atoms with Gasteiger partial charge in [-0.2, -0.15) is 0 Å². The van der Waals surface area contributed by atoms with Crippen LogP contribution in [0.2, 0.25) is 0 Å². The van der Waals surface area contributed by atoms with E-state index in [4.69, 9.17) is 19.3 Å². The second-order valence-electron chi connectivity index (χ2n) is 3.39. The highest BCUT2D eigenvalue weighted by Gasteiger charge is 2.24. The van der Waals surface area contributed by atoms with Gasteiger partial charge in [-0.05, 0) is 0 Å². The summed E-state index contributed by atoms with van der Waals surface area (Å²) in [7, 11) is 0. The Balaban J connectivity index is 3.54. The Hall–Kier alpha value is -0.690. The van der Waals surface area contributed by atoms with Crippen molar-refractivity contribution in [3.8, 4) is 0 Å². The predicted octanol–water partition coefficient (Wildman–Crippen LogP) is -0.326. The van der Waals surface area contributed by atoms with Crippen LogP contribution in [0.4, 0.5) is 0 Å². The van der Waals surface area contributed by atoms with Crippen molar-refractivity contribution < 1.29 is 29.2 Å². The minimum absolute atomic E-state index is 0.0359. The molecule has 0 spiro atoms. The Bertz CT molecular complexity index is 192. The van der Waals surface area contributed by atoms with E-state index in [0.29, 0.717) is 6.61 Å². The van der Waals surface area contributed by atoms with Gasteiger partial charge in [-0.1, -0.05) is 6.92 Å². The van der Waals surface area contributed by atoms with Gasteiger partial charge in [0.05, 0.1) is 26.4 Å². The lowest BCUT2D eigenvalue weighted by Gasteiger charge is -2.22. The normalized spacial score (nSPS) is 14.5. The van der Waals surface area contributed by atoms with Gasteiger partial charge in [0.2, 0.25) is 5.79 Å². The van der Waals surface area contributed by atoms with E-state index in [-0.39, 0.29) is 32.8 Å². The number of carbonyl (C=O) groups is 1. The third-order valence-electron chi connectivity index (χ3n) is 1.60. The molecule has 1 unspecified atom stereocenters.